The number of hydrogen-bond acceptors (Lipinski definition) is 1. The lowest BCUT2D eigenvalue weighted by molar-refractivity contribution is 0.0505. The lowest BCUT2D eigenvalue weighted by Gasteiger charge is -2.44. The van der Waals surface area contributed by atoms with Gasteiger partial charge in [-0.25, -0.2) is 0 Å². The molecule has 0 rings (SSSR count). The molecule has 0 bridgehead atoms. The summed E-state index contributed by atoms with van der Waals surface area (Å²) >= 11 is 13.5. The second-order valence-corrected chi connectivity index (χ2v) is 12.4. The number of rotatable bonds is 6. The first-order valence-electron chi connectivity index (χ1n) is 6.56. The highest BCUT2D eigenvalue weighted by atomic mass is 35.6. The van der Waals surface area contributed by atoms with Gasteiger partial charge in [0.1, 0.15) is 5.06 Å². The van der Waals surface area contributed by atoms with Gasteiger partial charge < -0.3 is 4.43 Å². The smallest absolute Gasteiger partial charge is 0.296 e. The van der Waals surface area contributed by atoms with E-state index in [1.807, 2.05) is 0 Å². The van der Waals surface area contributed by atoms with Crippen LogP contribution >= 0.6 is 22.7 Å². The third-order valence-electron chi connectivity index (χ3n) is 3.46. The second-order valence-electron chi connectivity index (χ2n) is 6.12. The lowest BCUT2D eigenvalue weighted by Crippen LogP contribution is -2.50. The van der Waals surface area contributed by atoms with Crippen molar-refractivity contribution in [3.8, 4) is 0 Å². The molecule has 1 nitrogen and oxygen atoms in total. The molecule has 0 aliphatic heterocycles. The molecule has 0 amide bonds. The van der Waals surface area contributed by atoms with E-state index >= 15 is 0 Å². The van der Waals surface area contributed by atoms with Crippen molar-refractivity contribution in [1.29, 1.82) is 0 Å². The molecule has 0 heterocycles. The SMILES string of the molecule is CC(C)C(Cl)(O[Si](Cl)(C(C)C)C(C)C)C(C)C. The van der Waals surface area contributed by atoms with E-state index in [2.05, 4.69) is 55.4 Å². The molecule has 0 aromatic carbocycles. The fourth-order valence-electron chi connectivity index (χ4n) is 2.04. The molecule has 0 N–H and O–H groups in total. The first-order valence-corrected chi connectivity index (χ1v) is 10.0. The molecule has 0 atom stereocenters. The highest BCUT2D eigenvalue weighted by Gasteiger charge is 2.49. The van der Waals surface area contributed by atoms with Crippen molar-refractivity contribution in [2.24, 2.45) is 11.8 Å². The van der Waals surface area contributed by atoms with Crippen LogP contribution in [0, 0.1) is 11.8 Å². The Balaban J connectivity index is 5.22. The predicted octanol–water partition coefficient (Wildman–Crippen LogP) is 5.75. The maximum absolute atomic E-state index is 6.81. The summed E-state index contributed by atoms with van der Waals surface area (Å²) in [6.07, 6.45) is 0. The molecule has 0 aliphatic carbocycles. The van der Waals surface area contributed by atoms with E-state index in [9.17, 15) is 0 Å². The number of hydrogen-bond donors (Lipinski definition) is 0. The molecule has 0 aliphatic rings. The van der Waals surface area contributed by atoms with Crippen LogP contribution in [-0.2, 0) is 4.43 Å². The van der Waals surface area contributed by atoms with Crippen LogP contribution in [0.3, 0.4) is 0 Å². The lowest BCUT2D eigenvalue weighted by atomic mass is 9.96. The molecule has 0 aromatic heterocycles. The van der Waals surface area contributed by atoms with E-state index in [4.69, 9.17) is 27.1 Å². The van der Waals surface area contributed by atoms with Crippen LogP contribution in [0.2, 0.25) is 11.1 Å². The summed E-state index contributed by atoms with van der Waals surface area (Å²) in [5.74, 6) is 0.486. The van der Waals surface area contributed by atoms with Crippen LogP contribution < -0.4 is 0 Å². The third-order valence-corrected chi connectivity index (χ3v) is 11.2. The highest BCUT2D eigenvalue weighted by Crippen LogP contribution is 2.45. The molecular formula is C13H28Cl2OSi. The molecule has 0 radical (unpaired) electrons. The monoisotopic (exact) mass is 298 g/mol. The Morgan fingerprint density at radius 3 is 1.29 bits per heavy atom. The van der Waals surface area contributed by atoms with Crippen molar-refractivity contribution in [2.45, 2.75) is 71.5 Å². The van der Waals surface area contributed by atoms with E-state index in [1.54, 1.807) is 0 Å². The Bertz CT molecular complexity index is 200. The van der Waals surface area contributed by atoms with Gasteiger partial charge in [-0.2, -0.15) is 0 Å². The largest absolute Gasteiger partial charge is 0.383 e. The van der Waals surface area contributed by atoms with Crippen LogP contribution in [0.1, 0.15) is 55.4 Å². The minimum Gasteiger partial charge on any atom is -0.383 e. The van der Waals surface area contributed by atoms with Crippen molar-refractivity contribution in [3.63, 3.8) is 0 Å². The Morgan fingerprint density at radius 2 is 1.12 bits per heavy atom. The van der Waals surface area contributed by atoms with Gasteiger partial charge in [-0.1, -0.05) is 67.0 Å². The zero-order valence-corrected chi connectivity index (χ0v) is 15.0. The molecular weight excluding hydrogens is 271 g/mol. The van der Waals surface area contributed by atoms with E-state index in [0.29, 0.717) is 11.1 Å². The van der Waals surface area contributed by atoms with Gasteiger partial charge >= 0.3 is 0 Å². The standard InChI is InChI=1S/C13H28Cl2OSi/c1-9(2)13(14,10(3)4)16-17(15,11(5)6)12(7)8/h9-12H,1-8H3. The molecule has 0 aromatic rings. The van der Waals surface area contributed by atoms with Crippen molar-refractivity contribution in [3.05, 3.63) is 0 Å². The summed E-state index contributed by atoms with van der Waals surface area (Å²) in [5, 5.41) is -0.650. The van der Waals surface area contributed by atoms with Gasteiger partial charge in [0.15, 0.2) is 0 Å². The van der Waals surface area contributed by atoms with Crippen molar-refractivity contribution < 1.29 is 4.43 Å². The zero-order chi connectivity index (χ0) is 14.0. The van der Waals surface area contributed by atoms with Crippen LogP contribution in [0.15, 0.2) is 0 Å². The van der Waals surface area contributed by atoms with Gasteiger partial charge in [-0.3, -0.25) is 0 Å². The summed E-state index contributed by atoms with van der Waals surface area (Å²) in [7, 11) is -2.32. The summed E-state index contributed by atoms with van der Waals surface area (Å²) < 4.78 is 6.34. The second kappa shape index (κ2) is 6.27. The number of halogens is 2. The van der Waals surface area contributed by atoms with Gasteiger partial charge in [0.25, 0.3) is 7.63 Å². The van der Waals surface area contributed by atoms with Crippen molar-refractivity contribution >= 4 is 30.3 Å². The Morgan fingerprint density at radius 1 is 0.824 bits per heavy atom. The average molecular weight is 299 g/mol. The van der Waals surface area contributed by atoms with Crippen molar-refractivity contribution in [2.75, 3.05) is 0 Å². The van der Waals surface area contributed by atoms with Gasteiger partial charge in [0.05, 0.1) is 0 Å². The molecule has 4 heteroatoms. The minimum atomic E-state index is -2.32. The molecule has 0 saturated carbocycles. The van der Waals surface area contributed by atoms with Crippen LogP contribution in [0.25, 0.3) is 0 Å². The van der Waals surface area contributed by atoms with E-state index < -0.39 is 12.7 Å². The van der Waals surface area contributed by atoms with Gasteiger partial charge in [0.2, 0.25) is 0 Å². The first-order chi connectivity index (χ1) is 7.48. The molecule has 104 valence electrons. The Hall–Kier alpha value is 0.757. The van der Waals surface area contributed by atoms with E-state index in [-0.39, 0.29) is 11.8 Å². The van der Waals surface area contributed by atoms with Crippen LogP contribution in [0.5, 0.6) is 0 Å². The molecule has 0 fully saturated rings. The van der Waals surface area contributed by atoms with Gasteiger partial charge in [-0.05, 0) is 22.9 Å². The minimum absolute atomic E-state index is 0.243. The van der Waals surface area contributed by atoms with Crippen molar-refractivity contribution in [1.82, 2.24) is 0 Å². The Labute approximate surface area is 118 Å². The highest BCUT2D eigenvalue weighted by molar-refractivity contribution is 7.18. The molecule has 0 saturated heterocycles. The number of alkyl halides is 1. The van der Waals surface area contributed by atoms with Gasteiger partial charge in [0, 0.05) is 0 Å². The third kappa shape index (κ3) is 3.86. The Kier molecular flexibility index (Phi) is 6.55. The topological polar surface area (TPSA) is 9.23 Å². The first kappa shape index (κ1) is 17.8. The van der Waals surface area contributed by atoms with Crippen LogP contribution in [0.4, 0.5) is 0 Å². The normalized spacial score (nSPS) is 14.5. The summed E-state index contributed by atoms with van der Waals surface area (Å²) in [6, 6.07) is 0. The average Bonchev–Trinajstić information content (AvgIpc) is 2.15. The maximum Gasteiger partial charge on any atom is 0.296 e. The summed E-state index contributed by atoms with van der Waals surface area (Å²) in [6.45, 7) is 16.9. The zero-order valence-electron chi connectivity index (χ0n) is 12.5. The molecule has 17 heavy (non-hydrogen) atoms. The fraction of sp³-hybridized carbons (Fsp3) is 1.00. The van der Waals surface area contributed by atoms with E-state index in [1.165, 1.54) is 0 Å². The molecule has 0 unspecified atom stereocenters. The molecule has 0 spiro atoms. The summed E-state index contributed by atoms with van der Waals surface area (Å²) in [5.41, 5.74) is 0.694. The fourth-order valence-corrected chi connectivity index (χ4v) is 5.68. The van der Waals surface area contributed by atoms with E-state index in [0.717, 1.165) is 0 Å². The maximum atomic E-state index is 6.81. The summed E-state index contributed by atoms with van der Waals surface area (Å²) in [4.78, 5) is 0. The van der Waals surface area contributed by atoms with Gasteiger partial charge in [-0.15, -0.1) is 11.1 Å². The van der Waals surface area contributed by atoms with Crippen LogP contribution in [-0.4, -0.2) is 12.7 Å². The quantitative estimate of drug-likeness (QED) is 0.344. The predicted molar refractivity (Wildman–Crippen MR) is 81.1 cm³/mol.